The van der Waals surface area contributed by atoms with Crippen LogP contribution in [-0.2, 0) is 20.2 Å². The molecule has 0 aliphatic carbocycles. The fraction of sp³-hybridized carbons (Fsp3) is 0.185. The highest BCUT2D eigenvalue weighted by molar-refractivity contribution is 5.92. The summed E-state index contributed by atoms with van der Waals surface area (Å²) in [5.41, 5.74) is 4.56. The molecular formula is C27H27N7O. The number of pyridine rings is 1. The van der Waals surface area contributed by atoms with Gasteiger partial charge in [0.15, 0.2) is 5.82 Å². The van der Waals surface area contributed by atoms with E-state index in [0.29, 0.717) is 12.4 Å². The minimum absolute atomic E-state index is 0.531. The van der Waals surface area contributed by atoms with Crippen LogP contribution in [0.5, 0.6) is 5.75 Å². The van der Waals surface area contributed by atoms with Gasteiger partial charge in [0.05, 0.1) is 17.4 Å². The average Bonchev–Trinajstić information content (AvgIpc) is 3.23. The first-order valence-electron chi connectivity index (χ1n) is 11.4. The third-order valence-electron chi connectivity index (χ3n) is 5.52. The lowest BCUT2D eigenvalue weighted by Gasteiger charge is -2.11. The van der Waals surface area contributed by atoms with Crippen LogP contribution < -0.4 is 10.1 Å². The smallest absolute Gasteiger partial charge is 0.158 e. The van der Waals surface area contributed by atoms with Crippen LogP contribution >= 0.6 is 0 Å². The molecule has 0 aliphatic heterocycles. The Morgan fingerprint density at radius 2 is 1.77 bits per heavy atom. The molecule has 2 aromatic carbocycles. The minimum Gasteiger partial charge on any atom is -0.489 e. The molecule has 5 rings (SSSR count). The van der Waals surface area contributed by atoms with Gasteiger partial charge in [0, 0.05) is 30.9 Å². The Morgan fingerprint density at radius 1 is 0.971 bits per heavy atom. The molecule has 0 aliphatic rings. The second-order valence-corrected chi connectivity index (χ2v) is 8.64. The predicted molar refractivity (Wildman–Crippen MR) is 137 cm³/mol. The molecule has 8 heteroatoms. The number of rotatable bonds is 8. The van der Waals surface area contributed by atoms with Crippen LogP contribution in [0.15, 0.2) is 79.4 Å². The zero-order valence-corrected chi connectivity index (χ0v) is 20.0. The zero-order chi connectivity index (χ0) is 24.2. The number of nitrogens with one attached hydrogen (secondary N) is 1. The quantitative estimate of drug-likeness (QED) is 0.352. The van der Waals surface area contributed by atoms with Gasteiger partial charge in [-0.1, -0.05) is 30.3 Å². The Kier molecular flexibility index (Phi) is 6.36. The van der Waals surface area contributed by atoms with Crippen LogP contribution in [0, 0.1) is 0 Å². The van der Waals surface area contributed by atoms with Crippen molar-refractivity contribution < 1.29 is 4.74 Å². The lowest BCUT2D eigenvalue weighted by atomic mass is 10.2. The van der Waals surface area contributed by atoms with Gasteiger partial charge in [-0.25, -0.2) is 15.0 Å². The zero-order valence-electron chi connectivity index (χ0n) is 20.0. The van der Waals surface area contributed by atoms with Gasteiger partial charge in [-0.2, -0.15) is 0 Å². The van der Waals surface area contributed by atoms with Crippen molar-refractivity contribution in [2.24, 2.45) is 7.05 Å². The molecule has 0 amide bonds. The highest BCUT2D eigenvalue weighted by Gasteiger charge is 2.13. The summed E-state index contributed by atoms with van der Waals surface area (Å²) in [6, 6.07) is 19.9. The number of imidazole rings is 1. The molecule has 3 heterocycles. The number of aromatic nitrogens is 5. The summed E-state index contributed by atoms with van der Waals surface area (Å²) in [6.07, 6.45) is 5.33. The molecule has 0 unspecified atom stereocenters. The normalized spacial score (nSPS) is 11.2. The van der Waals surface area contributed by atoms with Gasteiger partial charge in [-0.3, -0.25) is 4.98 Å². The van der Waals surface area contributed by atoms with Crippen LogP contribution in [-0.4, -0.2) is 43.5 Å². The third kappa shape index (κ3) is 5.28. The van der Waals surface area contributed by atoms with Crippen molar-refractivity contribution in [3.8, 4) is 17.3 Å². The molecule has 0 atom stereocenters. The van der Waals surface area contributed by atoms with Crippen molar-refractivity contribution in [1.29, 1.82) is 0 Å². The van der Waals surface area contributed by atoms with Gasteiger partial charge in [0.2, 0.25) is 0 Å². The Labute approximate surface area is 204 Å². The van der Waals surface area contributed by atoms with E-state index in [1.54, 1.807) is 12.5 Å². The number of ether oxygens (including phenoxy) is 1. The summed E-state index contributed by atoms with van der Waals surface area (Å²) in [6.45, 7) is 1.30. The van der Waals surface area contributed by atoms with Crippen molar-refractivity contribution in [2.45, 2.75) is 13.2 Å². The molecule has 0 bridgehead atoms. The largest absolute Gasteiger partial charge is 0.489 e. The molecule has 3 aromatic heterocycles. The number of anilines is 2. The van der Waals surface area contributed by atoms with Gasteiger partial charge in [-0.05, 0) is 50.0 Å². The van der Waals surface area contributed by atoms with E-state index in [2.05, 4.69) is 25.2 Å². The lowest BCUT2D eigenvalue weighted by Crippen LogP contribution is -2.10. The molecule has 0 saturated carbocycles. The first kappa shape index (κ1) is 22.5. The molecule has 0 radical (unpaired) electrons. The Balaban J connectivity index is 1.36. The maximum Gasteiger partial charge on any atom is 0.158 e. The van der Waals surface area contributed by atoms with Crippen molar-refractivity contribution in [3.05, 3.63) is 90.6 Å². The van der Waals surface area contributed by atoms with Gasteiger partial charge >= 0.3 is 0 Å². The second-order valence-electron chi connectivity index (χ2n) is 8.64. The summed E-state index contributed by atoms with van der Waals surface area (Å²) in [5, 5.41) is 4.28. The van der Waals surface area contributed by atoms with Gasteiger partial charge in [0.1, 0.15) is 30.2 Å². The van der Waals surface area contributed by atoms with Crippen LogP contribution in [0.25, 0.3) is 22.4 Å². The Hall–Kier alpha value is -4.30. The highest BCUT2D eigenvalue weighted by atomic mass is 16.5. The fourth-order valence-corrected chi connectivity index (χ4v) is 3.86. The van der Waals surface area contributed by atoms with E-state index in [0.717, 1.165) is 51.7 Å². The van der Waals surface area contributed by atoms with Gasteiger partial charge in [-0.15, -0.1) is 0 Å². The summed E-state index contributed by atoms with van der Waals surface area (Å²) < 4.78 is 7.89. The molecule has 5 aromatic rings. The average molecular weight is 466 g/mol. The van der Waals surface area contributed by atoms with Crippen molar-refractivity contribution in [1.82, 2.24) is 29.4 Å². The number of benzene rings is 2. The summed E-state index contributed by atoms with van der Waals surface area (Å²) in [5.74, 6) is 2.32. The number of aryl methyl sites for hydroxylation is 1. The SMILES string of the molecule is CN(C)Cc1cn(C)c(-c2cc3c(Nc4ccc(OCc5ccccc5)cc4)ncnc3cn2)n1. The molecule has 0 spiro atoms. The van der Waals surface area contributed by atoms with E-state index in [-0.39, 0.29) is 0 Å². The highest BCUT2D eigenvalue weighted by Crippen LogP contribution is 2.27. The van der Waals surface area contributed by atoms with E-state index in [1.165, 1.54) is 0 Å². The molecule has 8 nitrogen and oxygen atoms in total. The number of nitrogens with zero attached hydrogens (tertiary/aromatic N) is 6. The fourth-order valence-electron chi connectivity index (χ4n) is 3.86. The van der Waals surface area contributed by atoms with E-state index in [4.69, 9.17) is 9.72 Å². The maximum absolute atomic E-state index is 5.90. The number of hydrogen-bond acceptors (Lipinski definition) is 7. The maximum atomic E-state index is 5.90. The first-order chi connectivity index (χ1) is 17.0. The molecule has 0 fully saturated rings. The molecule has 176 valence electrons. The van der Waals surface area contributed by atoms with Gasteiger partial charge in [0.25, 0.3) is 0 Å². The number of hydrogen-bond donors (Lipinski definition) is 1. The standard InChI is InChI=1S/C27H27N7O/c1-33(2)15-21-16-34(3)27(32-21)24-13-23-25(14-28-24)29-18-30-26(23)31-20-9-11-22(12-10-20)35-17-19-7-5-4-6-8-19/h4-14,16,18H,15,17H2,1-3H3,(H,29,30,31). The lowest BCUT2D eigenvalue weighted by molar-refractivity contribution is 0.306. The molecule has 35 heavy (non-hydrogen) atoms. The van der Waals surface area contributed by atoms with E-state index in [9.17, 15) is 0 Å². The third-order valence-corrected chi connectivity index (χ3v) is 5.52. The van der Waals surface area contributed by atoms with Crippen molar-refractivity contribution in [2.75, 3.05) is 19.4 Å². The van der Waals surface area contributed by atoms with Crippen LogP contribution in [0.1, 0.15) is 11.3 Å². The number of fused-ring (bicyclic) bond motifs is 1. The van der Waals surface area contributed by atoms with E-state index >= 15 is 0 Å². The minimum atomic E-state index is 0.531. The Morgan fingerprint density at radius 3 is 2.54 bits per heavy atom. The summed E-state index contributed by atoms with van der Waals surface area (Å²) in [4.78, 5) is 20.3. The monoisotopic (exact) mass is 465 g/mol. The van der Waals surface area contributed by atoms with Crippen molar-refractivity contribution in [3.63, 3.8) is 0 Å². The van der Waals surface area contributed by atoms with Crippen LogP contribution in [0.2, 0.25) is 0 Å². The van der Waals surface area contributed by atoms with E-state index < -0.39 is 0 Å². The molecule has 0 saturated heterocycles. The van der Waals surface area contributed by atoms with E-state index in [1.807, 2.05) is 92.6 Å². The van der Waals surface area contributed by atoms with Crippen LogP contribution in [0.3, 0.4) is 0 Å². The Bertz CT molecular complexity index is 1430. The summed E-state index contributed by atoms with van der Waals surface area (Å²) in [7, 11) is 6.04. The summed E-state index contributed by atoms with van der Waals surface area (Å²) >= 11 is 0. The molecular weight excluding hydrogens is 438 g/mol. The predicted octanol–water partition coefficient (Wildman–Crippen LogP) is 4.81. The van der Waals surface area contributed by atoms with Crippen LogP contribution in [0.4, 0.5) is 11.5 Å². The second kappa shape index (κ2) is 9.90. The van der Waals surface area contributed by atoms with Gasteiger partial charge < -0.3 is 19.5 Å². The molecule has 1 N–H and O–H groups in total. The topological polar surface area (TPSA) is 81.0 Å². The van der Waals surface area contributed by atoms with Crippen molar-refractivity contribution >= 4 is 22.4 Å². The first-order valence-corrected chi connectivity index (χ1v) is 11.4.